The van der Waals surface area contributed by atoms with Gasteiger partial charge in [0.25, 0.3) is 0 Å². The molecular formula is C32H29NO8. The summed E-state index contributed by atoms with van der Waals surface area (Å²) in [6.07, 6.45) is -0.713. The van der Waals surface area contributed by atoms with Crippen LogP contribution in [-0.4, -0.2) is 37.0 Å². The molecule has 0 unspecified atom stereocenters. The maximum absolute atomic E-state index is 13.2. The van der Waals surface area contributed by atoms with Crippen molar-refractivity contribution in [2.24, 2.45) is 0 Å². The molecule has 0 radical (unpaired) electrons. The molecule has 1 amide bonds. The predicted molar refractivity (Wildman–Crippen MR) is 151 cm³/mol. The molecule has 0 bridgehead atoms. The molecule has 0 aromatic heterocycles. The Balaban J connectivity index is 1.63. The lowest BCUT2D eigenvalue weighted by Crippen LogP contribution is -2.15. The Kier molecular flexibility index (Phi) is 10.2. The van der Waals surface area contributed by atoms with Gasteiger partial charge in [-0.3, -0.25) is 5.32 Å². The van der Waals surface area contributed by atoms with Crippen molar-refractivity contribution in [1.82, 2.24) is 0 Å². The van der Waals surface area contributed by atoms with Crippen molar-refractivity contribution in [3.63, 3.8) is 0 Å². The van der Waals surface area contributed by atoms with Gasteiger partial charge in [0.15, 0.2) is 6.79 Å². The maximum atomic E-state index is 13.2. The zero-order valence-electron chi connectivity index (χ0n) is 22.4. The smallest absolute Gasteiger partial charge is 0.411 e. The lowest BCUT2D eigenvalue weighted by molar-refractivity contribution is -0.0124. The molecule has 0 saturated carbocycles. The summed E-state index contributed by atoms with van der Waals surface area (Å²) in [4.78, 5) is 38.7. The van der Waals surface area contributed by atoms with Crippen LogP contribution in [0.1, 0.15) is 37.4 Å². The molecule has 0 atom stereocenters. The van der Waals surface area contributed by atoms with E-state index in [-0.39, 0.29) is 43.4 Å². The molecule has 0 aliphatic carbocycles. The first-order valence-corrected chi connectivity index (χ1v) is 12.7. The summed E-state index contributed by atoms with van der Waals surface area (Å²) in [5, 5.41) is 12.3. The van der Waals surface area contributed by atoms with Crippen molar-refractivity contribution >= 4 is 23.7 Å². The molecule has 4 aromatic rings. The first-order valence-electron chi connectivity index (χ1n) is 12.7. The van der Waals surface area contributed by atoms with E-state index in [1.54, 1.807) is 24.3 Å². The van der Waals surface area contributed by atoms with Gasteiger partial charge in [0.1, 0.15) is 13.2 Å². The molecule has 9 nitrogen and oxygen atoms in total. The molecule has 4 aromatic carbocycles. The summed E-state index contributed by atoms with van der Waals surface area (Å²) in [6.45, 7) is -0.487. The molecule has 0 aliphatic rings. The van der Waals surface area contributed by atoms with Gasteiger partial charge in [-0.2, -0.15) is 0 Å². The molecule has 9 heteroatoms. The number of nitrogens with one attached hydrogen (secondary N) is 1. The van der Waals surface area contributed by atoms with Crippen LogP contribution in [0.3, 0.4) is 0 Å². The fraction of sp³-hybridized carbons (Fsp3) is 0.156. The van der Waals surface area contributed by atoms with Crippen LogP contribution >= 0.6 is 0 Å². The quantitative estimate of drug-likeness (QED) is 0.137. The van der Waals surface area contributed by atoms with Crippen LogP contribution in [0.2, 0.25) is 0 Å². The van der Waals surface area contributed by atoms with Gasteiger partial charge in [0, 0.05) is 12.8 Å². The molecule has 41 heavy (non-hydrogen) atoms. The summed E-state index contributed by atoms with van der Waals surface area (Å²) < 4.78 is 20.9. The van der Waals surface area contributed by atoms with E-state index in [2.05, 4.69) is 5.32 Å². The lowest BCUT2D eigenvalue weighted by Gasteiger charge is -2.16. The second-order valence-electron chi connectivity index (χ2n) is 8.89. The number of anilines is 1. The number of carbonyl (C=O) groups excluding carboxylic acids is 3. The average Bonchev–Trinajstić information content (AvgIpc) is 3.02. The molecule has 4 rings (SSSR count). The van der Waals surface area contributed by atoms with E-state index < -0.39 is 18.0 Å². The fourth-order valence-electron chi connectivity index (χ4n) is 3.99. The van der Waals surface area contributed by atoms with Crippen LogP contribution < -0.4 is 5.32 Å². The van der Waals surface area contributed by atoms with E-state index >= 15 is 0 Å². The van der Waals surface area contributed by atoms with Crippen molar-refractivity contribution in [2.45, 2.75) is 19.8 Å². The van der Waals surface area contributed by atoms with E-state index in [4.69, 9.17) is 18.9 Å². The van der Waals surface area contributed by atoms with Gasteiger partial charge in [-0.15, -0.1) is 0 Å². The van der Waals surface area contributed by atoms with E-state index in [0.717, 1.165) is 11.1 Å². The van der Waals surface area contributed by atoms with Crippen LogP contribution in [0.25, 0.3) is 11.1 Å². The zero-order chi connectivity index (χ0) is 29.0. The summed E-state index contributed by atoms with van der Waals surface area (Å²) in [7, 11) is 1.38. The minimum Gasteiger partial charge on any atom is -0.457 e. The SMILES string of the molecule is COCOC(=O)c1cc(NC(=O)OCc2ccccc2)ccc1-c1ccc(CO)cc1C(=O)OCc1ccccc1. The first-order chi connectivity index (χ1) is 20.0. The minimum absolute atomic E-state index is 0.0408. The Hall–Kier alpha value is -4.99. The summed E-state index contributed by atoms with van der Waals surface area (Å²) >= 11 is 0. The number of benzene rings is 4. The molecule has 0 saturated heterocycles. The number of ether oxygens (including phenoxy) is 4. The summed E-state index contributed by atoms with van der Waals surface area (Å²) in [6, 6.07) is 27.8. The van der Waals surface area contributed by atoms with Crippen molar-refractivity contribution in [3.8, 4) is 11.1 Å². The number of methoxy groups -OCH3 is 1. The van der Waals surface area contributed by atoms with Crippen LogP contribution in [0.5, 0.6) is 0 Å². The second-order valence-corrected chi connectivity index (χ2v) is 8.89. The standard InChI is InChI=1S/C32H29NO8/c1-38-21-41-31(36)29-17-25(33-32(37)40-20-23-10-6-3-7-11-23)13-15-27(29)26-14-12-24(18-34)16-28(26)30(35)39-19-22-8-4-2-5-9-22/h2-17,34H,18-21H2,1H3,(H,33,37). The Bertz CT molecular complexity index is 1490. The normalized spacial score (nSPS) is 10.5. The third-order valence-electron chi connectivity index (χ3n) is 6.00. The number of rotatable bonds is 11. The monoisotopic (exact) mass is 555 g/mol. The van der Waals surface area contributed by atoms with E-state index in [1.165, 1.54) is 19.2 Å². The average molecular weight is 556 g/mol. The fourth-order valence-corrected chi connectivity index (χ4v) is 3.99. The highest BCUT2D eigenvalue weighted by Gasteiger charge is 2.22. The molecule has 210 valence electrons. The van der Waals surface area contributed by atoms with Crippen LogP contribution in [0.15, 0.2) is 97.1 Å². The molecule has 0 aliphatic heterocycles. The Morgan fingerprint density at radius 2 is 1.22 bits per heavy atom. The van der Waals surface area contributed by atoms with E-state index in [1.807, 2.05) is 60.7 Å². The van der Waals surface area contributed by atoms with Crippen molar-refractivity contribution in [3.05, 3.63) is 125 Å². The Labute approximate surface area is 237 Å². The lowest BCUT2D eigenvalue weighted by atomic mass is 9.93. The van der Waals surface area contributed by atoms with Gasteiger partial charge in [-0.05, 0) is 46.0 Å². The Morgan fingerprint density at radius 3 is 1.83 bits per heavy atom. The van der Waals surface area contributed by atoms with Crippen molar-refractivity contribution in [1.29, 1.82) is 0 Å². The third-order valence-corrected chi connectivity index (χ3v) is 6.00. The molecule has 0 heterocycles. The Morgan fingerprint density at radius 1 is 0.659 bits per heavy atom. The van der Waals surface area contributed by atoms with Crippen molar-refractivity contribution in [2.75, 3.05) is 19.2 Å². The largest absolute Gasteiger partial charge is 0.457 e. The van der Waals surface area contributed by atoms with Gasteiger partial charge in [0.05, 0.1) is 17.7 Å². The van der Waals surface area contributed by atoms with Gasteiger partial charge < -0.3 is 24.1 Å². The summed E-state index contributed by atoms with van der Waals surface area (Å²) in [5.74, 6) is -1.37. The number of aliphatic hydroxyl groups excluding tert-OH is 1. The topological polar surface area (TPSA) is 120 Å². The highest BCUT2D eigenvalue weighted by atomic mass is 16.7. The van der Waals surface area contributed by atoms with Gasteiger partial charge >= 0.3 is 18.0 Å². The van der Waals surface area contributed by atoms with E-state index in [9.17, 15) is 19.5 Å². The maximum Gasteiger partial charge on any atom is 0.411 e. The molecular weight excluding hydrogens is 526 g/mol. The second kappa shape index (κ2) is 14.4. The number of hydrogen-bond acceptors (Lipinski definition) is 8. The number of amides is 1. The van der Waals surface area contributed by atoms with Crippen molar-refractivity contribution < 1.29 is 38.4 Å². The van der Waals surface area contributed by atoms with Crippen LogP contribution in [0.4, 0.5) is 10.5 Å². The van der Waals surface area contributed by atoms with E-state index in [0.29, 0.717) is 16.7 Å². The van der Waals surface area contributed by atoms with Gasteiger partial charge in [-0.1, -0.05) is 78.9 Å². The minimum atomic E-state index is -0.738. The van der Waals surface area contributed by atoms with Gasteiger partial charge in [0.2, 0.25) is 0 Å². The van der Waals surface area contributed by atoms with Crippen LogP contribution in [0, 0.1) is 0 Å². The molecule has 0 fully saturated rings. The predicted octanol–water partition coefficient (Wildman–Crippen LogP) is 5.71. The number of esters is 2. The third kappa shape index (κ3) is 8.01. The highest BCUT2D eigenvalue weighted by Crippen LogP contribution is 2.32. The number of hydrogen-bond donors (Lipinski definition) is 2. The number of aliphatic hydroxyl groups is 1. The molecule has 0 spiro atoms. The molecule has 2 N–H and O–H groups in total. The summed E-state index contributed by atoms with van der Waals surface area (Å²) in [5.41, 5.74) is 3.33. The van der Waals surface area contributed by atoms with Crippen LogP contribution in [-0.2, 0) is 38.8 Å². The number of carbonyl (C=O) groups is 3. The highest BCUT2D eigenvalue weighted by molar-refractivity contribution is 6.04. The first kappa shape index (κ1) is 29.0. The zero-order valence-corrected chi connectivity index (χ0v) is 22.4. The van der Waals surface area contributed by atoms with Gasteiger partial charge in [-0.25, -0.2) is 14.4 Å².